The Labute approximate surface area is 204 Å². The van der Waals surface area contributed by atoms with E-state index in [1.54, 1.807) is 0 Å². The van der Waals surface area contributed by atoms with Gasteiger partial charge in [0.1, 0.15) is 5.82 Å². The van der Waals surface area contributed by atoms with Crippen molar-refractivity contribution in [1.29, 1.82) is 0 Å². The molecule has 35 heavy (non-hydrogen) atoms. The molecule has 4 aliphatic rings. The Balaban J connectivity index is 1.08. The summed E-state index contributed by atoms with van der Waals surface area (Å²) in [4.78, 5) is 24.4. The van der Waals surface area contributed by atoms with Crippen LogP contribution in [-0.2, 0) is 6.18 Å². The summed E-state index contributed by atoms with van der Waals surface area (Å²) in [7, 11) is 0. The van der Waals surface area contributed by atoms with E-state index in [9.17, 15) is 18.0 Å². The molecule has 0 saturated carbocycles. The van der Waals surface area contributed by atoms with Crippen molar-refractivity contribution in [3.63, 3.8) is 0 Å². The third-order valence-corrected chi connectivity index (χ3v) is 7.82. The van der Waals surface area contributed by atoms with E-state index in [1.165, 1.54) is 18.6 Å². The first-order valence-electron chi connectivity index (χ1n) is 12.4. The van der Waals surface area contributed by atoms with E-state index in [-0.39, 0.29) is 11.5 Å². The van der Waals surface area contributed by atoms with Crippen LogP contribution in [-0.4, -0.2) is 79.1 Å². The largest absolute Gasteiger partial charge is 0.416 e. The fourth-order valence-corrected chi connectivity index (χ4v) is 5.82. The molecule has 1 aromatic carbocycles. The van der Waals surface area contributed by atoms with Crippen molar-refractivity contribution < 1.29 is 18.0 Å². The van der Waals surface area contributed by atoms with Crippen molar-refractivity contribution in [2.75, 3.05) is 57.3 Å². The van der Waals surface area contributed by atoms with Crippen LogP contribution in [0.5, 0.6) is 0 Å². The number of carbonyl (C=O) groups excluding carboxylic acids is 1. The lowest BCUT2D eigenvalue weighted by atomic mass is 9.75. The number of carbonyl (C=O) groups is 1. The van der Waals surface area contributed by atoms with E-state index in [2.05, 4.69) is 31.1 Å². The van der Waals surface area contributed by atoms with Crippen LogP contribution in [0.2, 0.25) is 0 Å². The number of piperazine rings is 1. The zero-order chi connectivity index (χ0) is 24.4. The molecule has 4 atom stereocenters. The highest BCUT2D eigenvalue weighted by molar-refractivity contribution is 5.94. The third-order valence-electron chi connectivity index (χ3n) is 7.82. The number of halogens is 3. The molecule has 188 valence electrons. The molecular weight excluding hydrogens is 455 g/mol. The van der Waals surface area contributed by atoms with E-state index >= 15 is 0 Å². The molecule has 4 saturated heterocycles. The summed E-state index contributed by atoms with van der Waals surface area (Å²) >= 11 is 0. The molecule has 4 aliphatic heterocycles. The first kappa shape index (κ1) is 24.1. The van der Waals surface area contributed by atoms with E-state index in [0.717, 1.165) is 70.2 Å². The van der Waals surface area contributed by atoms with Crippen molar-refractivity contribution >= 4 is 11.7 Å². The SMILES string of the molecule is O=C(NC[C@H]1C[C@@H]2CCN1C[C@@H]2CN1CCN(c2ccccn2)CC1)c1ccc(C(F)(F)F)cc1. The average Bonchev–Trinajstić information content (AvgIpc) is 2.88. The Kier molecular flexibility index (Phi) is 6.98. The van der Waals surface area contributed by atoms with E-state index in [4.69, 9.17) is 0 Å². The Hall–Kier alpha value is -2.65. The molecule has 1 N–H and O–H groups in total. The fraction of sp³-hybridized carbons (Fsp3) is 0.538. The molecule has 1 amide bonds. The second kappa shape index (κ2) is 10.1. The van der Waals surface area contributed by atoms with Crippen LogP contribution < -0.4 is 10.2 Å². The second-order valence-corrected chi connectivity index (χ2v) is 9.95. The first-order valence-corrected chi connectivity index (χ1v) is 12.4. The van der Waals surface area contributed by atoms with Gasteiger partial charge in [-0.15, -0.1) is 0 Å². The predicted octanol–water partition coefficient (Wildman–Crippen LogP) is 3.36. The molecule has 0 radical (unpaired) electrons. The second-order valence-electron chi connectivity index (χ2n) is 9.95. The number of hydrogen-bond donors (Lipinski definition) is 1. The Morgan fingerprint density at radius 3 is 2.43 bits per heavy atom. The standard InChI is InChI=1S/C26H32F3N5O/c27-26(28,29)22-6-4-19(5-7-22)25(35)31-16-23-15-20-8-10-34(23)18-21(20)17-32-11-13-33(14-12-32)24-3-1-2-9-30-24/h1-7,9,20-21,23H,8,10-18H2,(H,31,35)/t20-,21-,23+/m0/s1. The summed E-state index contributed by atoms with van der Waals surface area (Å²) in [6.45, 7) is 7.83. The maximum atomic E-state index is 12.8. The minimum Gasteiger partial charge on any atom is -0.354 e. The summed E-state index contributed by atoms with van der Waals surface area (Å²) in [5.74, 6) is 2.04. The number of rotatable bonds is 6. The monoisotopic (exact) mass is 487 g/mol. The Morgan fingerprint density at radius 1 is 1.03 bits per heavy atom. The van der Waals surface area contributed by atoms with E-state index in [1.807, 2.05) is 18.3 Å². The molecule has 1 aromatic heterocycles. The number of nitrogens with zero attached hydrogens (tertiary/aromatic N) is 4. The highest BCUT2D eigenvalue weighted by atomic mass is 19.4. The van der Waals surface area contributed by atoms with Crippen molar-refractivity contribution in [2.45, 2.75) is 25.1 Å². The van der Waals surface area contributed by atoms with Crippen molar-refractivity contribution in [3.8, 4) is 0 Å². The minimum absolute atomic E-state index is 0.261. The molecular formula is C26H32F3N5O. The van der Waals surface area contributed by atoms with Gasteiger partial charge >= 0.3 is 6.18 Å². The normalized spacial score (nSPS) is 27.1. The summed E-state index contributed by atoms with van der Waals surface area (Å²) in [6, 6.07) is 10.8. The number of nitrogens with one attached hydrogen (secondary N) is 1. The number of anilines is 1. The summed E-state index contributed by atoms with van der Waals surface area (Å²) in [5, 5.41) is 2.94. The van der Waals surface area contributed by atoms with Gasteiger partial charge < -0.3 is 10.2 Å². The van der Waals surface area contributed by atoms with Crippen LogP contribution in [0.1, 0.15) is 28.8 Å². The lowest BCUT2D eigenvalue weighted by molar-refractivity contribution is -0.137. The predicted molar refractivity (Wildman–Crippen MR) is 128 cm³/mol. The maximum Gasteiger partial charge on any atom is 0.416 e. The zero-order valence-corrected chi connectivity index (χ0v) is 19.8. The van der Waals surface area contributed by atoms with Crippen LogP contribution >= 0.6 is 0 Å². The van der Waals surface area contributed by atoms with Crippen LogP contribution in [0, 0.1) is 11.8 Å². The van der Waals surface area contributed by atoms with Gasteiger partial charge in [-0.1, -0.05) is 6.07 Å². The number of piperidine rings is 3. The molecule has 0 spiro atoms. The first-order chi connectivity index (χ1) is 16.9. The zero-order valence-electron chi connectivity index (χ0n) is 19.8. The van der Waals surface area contributed by atoms with Crippen LogP contribution in [0.15, 0.2) is 48.7 Å². The quantitative estimate of drug-likeness (QED) is 0.677. The van der Waals surface area contributed by atoms with Crippen molar-refractivity contribution in [2.24, 2.45) is 11.8 Å². The minimum atomic E-state index is -4.40. The Bertz CT molecular complexity index is 992. The molecule has 6 rings (SSSR count). The molecule has 2 bridgehead atoms. The molecule has 4 fully saturated rings. The van der Waals surface area contributed by atoms with Gasteiger partial charge in [-0.25, -0.2) is 4.98 Å². The molecule has 6 nitrogen and oxygen atoms in total. The van der Waals surface area contributed by atoms with Crippen LogP contribution in [0.4, 0.5) is 19.0 Å². The highest BCUT2D eigenvalue weighted by Crippen LogP contribution is 2.36. The van der Waals surface area contributed by atoms with E-state index < -0.39 is 11.7 Å². The number of amides is 1. The molecule has 9 heteroatoms. The Morgan fingerprint density at radius 2 is 1.80 bits per heavy atom. The van der Waals surface area contributed by atoms with Gasteiger partial charge in [0.05, 0.1) is 5.56 Å². The van der Waals surface area contributed by atoms with Gasteiger partial charge in [0, 0.05) is 63.6 Å². The summed E-state index contributed by atoms with van der Waals surface area (Å²) < 4.78 is 38.3. The molecule has 2 aromatic rings. The lowest BCUT2D eigenvalue weighted by Gasteiger charge is -2.51. The number of alkyl halides is 3. The van der Waals surface area contributed by atoms with Gasteiger partial charge in [-0.3, -0.25) is 14.6 Å². The molecule has 1 unspecified atom stereocenters. The molecule has 5 heterocycles. The summed E-state index contributed by atoms with van der Waals surface area (Å²) in [6.07, 6.45) is -0.294. The fourth-order valence-electron chi connectivity index (χ4n) is 5.82. The van der Waals surface area contributed by atoms with Gasteiger partial charge in [0.15, 0.2) is 0 Å². The van der Waals surface area contributed by atoms with Crippen molar-refractivity contribution in [1.82, 2.24) is 20.1 Å². The van der Waals surface area contributed by atoms with E-state index in [0.29, 0.717) is 24.4 Å². The highest BCUT2D eigenvalue weighted by Gasteiger charge is 2.40. The number of pyridine rings is 1. The van der Waals surface area contributed by atoms with Gasteiger partial charge in [0.25, 0.3) is 5.91 Å². The topological polar surface area (TPSA) is 51.7 Å². The third kappa shape index (κ3) is 5.62. The smallest absolute Gasteiger partial charge is 0.354 e. The number of hydrogen-bond acceptors (Lipinski definition) is 5. The number of benzene rings is 1. The maximum absolute atomic E-state index is 12.8. The number of aromatic nitrogens is 1. The van der Waals surface area contributed by atoms with Crippen LogP contribution in [0.25, 0.3) is 0 Å². The summed E-state index contributed by atoms with van der Waals surface area (Å²) in [5.41, 5.74) is -0.481. The van der Waals surface area contributed by atoms with Gasteiger partial charge in [0.2, 0.25) is 0 Å². The van der Waals surface area contributed by atoms with Gasteiger partial charge in [-0.2, -0.15) is 13.2 Å². The van der Waals surface area contributed by atoms with Crippen molar-refractivity contribution in [3.05, 3.63) is 59.8 Å². The molecule has 0 aliphatic carbocycles. The average molecular weight is 488 g/mol. The van der Waals surface area contributed by atoms with Gasteiger partial charge in [-0.05, 0) is 67.6 Å². The number of fused-ring (bicyclic) bond motifs is 3. The van der Waals surface area contributed by atoms with Crippen LogP contribution in [0.3, 0.4) is 0 Å². The lowest BCUT2D eigenvalue weighted by Crippen LogP contribution is -2.59.